The molecule has 4 nitrogen and oxygen atoms in total. The quantitative estimate of drug-likeness (QED) is 0.859. The smallest absolute Gasteiger partial charge is 0.121 e. The number of benzene rings is 1. The highest BCUT2D eigenvalue weighted by molar-refractivity contribution is 5.79. The van der Waals surface area contributed by atoms with E-state index in [1.54, 1.807) is 0 Å². The third-order valence-corrected chi connectivity index (χ3v) is 3.08. The Kier molecular flexibility index (Phi) is 2.55. The van der Waals surface area contributed by atoms with Gasteiger partial charge in [-0.25, -0.2) is 4.98 Å². The van der Waals surface area contributed by atoms with E-state index in [1.807, 2.05) is 50.9 Å². The van der Waals surface area contributed by atoms with E-state index in [1.165, 1.54) is 0 Å². The van der Waals surface area contributed by atoms with Crippen molar-refractivity contribution >= 4 is 16.7 Å². The number of aromatic amines is 1. The summed E-state index contributed by atoms with van der Waals surface area (Å²) in [6.45, 7) is 5.73. The zero-order valence-corrected chi connectivity index (χ0v) is 10.6. The number of aromatic nitrogens is 2. The number of nitrogens with one attached hydrogen (secondary N) is 1. The molecule has 0 bridgehead atoms. The third kappa shape index (κ3) is 1.96. The lowest BCUT2D eigenvalue weighted by Gasteiger charge is -2.31. The molecule has 2 aromatic rings. The molecular formula is C13H16N4. The molecule has 1 aromatic carbocycles. The highest BCUT2D eigenvalue weighted by Crippen LogP contribution is 2.25. The second-order valence-corrected chi connectivity index (χ2v) is 4.75. The van der Waals surface area contributed by atoms with Gasteiger partial charge in [0, 0.05) is 12.7 Å². The molecule has 17 heavy (non-hydrogen) atoms. The lowest BCUT2D eigenvalue weighted by molar-refractivity contribution is 0.617. The van der Waals surface area contributed by atoms with Gasteiger partial charge >= 0.3 is 0 Å². The van der Waals surface area contributed by atoms with Crippen LogP contribution in [-0.4, -0.2) is 22.6 Å². The van der Waals surface area contributed by atoms with Crippen molar-refractivity contribution in [1.82, 2.24) is 9.97 Å². The predicted molar refractivity (Wildman–Crippen MR) is 68.9 cm³/mol. The monoisotopic (exact) mass is 228 g/mol. The van der Waals surface area contributed by atoms with E-state index in [9.17, 15) is 0 Å². The molecule has 0 spiro atoms. The molecule has 88 valence electrons. The first-order chi connectivity index (χ1) is 7.94. The summed E-state index contributed by atoms with van der Waals surface area (Å²) >= 11 is 0. The average Bonchev–Trinajstić information content (AvgIpc) is 2.66. The number of H-pyrrole nitrogens is 1. The maximum atomic E-state index is 9.13. The molecule has 0 amide bonds. The number of imidazole rings is 1. The molecule has 0 radical (unpaired) electrons. The van der Waals surface area contributed by atoms with Crippen molar-refractivity contribution in [2.24, 2.45) is 0 Å². The predicted octanol–water partition coefficient (Wildman–Crippen LogP) is 2.61. The SMILES string of the molecule is Cc1nc2ccc(N(C)C(C)(C)C#N)cc2[nH]1. The maximum absolute atomic E-state index is 9.13. The average molecular weight is 228 g/mol. The summed E-state index contributed by atoms with van der Waals surface area (Å²) in [6, 6.07) is 8.27. The summed E-state index contributed by atoms with van der Waals surface area (Å²) in [5.74, 6) is 0.902. The van der Waals surface area contributed by atoms with Gasteiger partial charge in [-0.05, 0) is 39.0 Å². The molecule has 0 atom stereocenters. The highest BCUT2D eigenvalue weighted by atomic mass is 15.2. The zero-order chi connectivity index (χ0) is 12.6. The Morgan fingerprint density at radius 1 is 1.41 bits per heavy atom. The summed E-state index contributed by atoms with van der Waals surface area (Å²) in [5, 5.41) is 9.13. The summed E-state index contributed by atoms with van der Waals surface area (Å²) in [5.41, 5.74) is 2.44. The maximum Gasteiger partial charge on any atom is 0.121 e. The fourth-order valence-corrected chi connectivity index (χ4v) is 1.73. The lowest BCUT2D eigenvalue weighted by atomic mass is 10.1. The van der Waals surface area contributed by atoms with Gasteiger partial charge in [-0.2, -0.15) is 5.26 Å². The second-order valence-electron chi connectivity index (χ2n) is 4.75. The van der Waals surface area contributed by atoms with E-state index in [4.69, 9.17) is 5.26 Å². The molecule has 0 unspecified atom stereocenters. The van der Waals surface area contributed by atoms with Crippen LogP contribution in [0.15, 0.2) is 18.2 Å². The minimum Gasteiger partial charge on any atom is -0.357 e. The number of nitrogens with zero attached hydrogens (tertiary/aromatic N) is 3. The first-order valence-corrected chi connectivity index (χ1v) is 5.55. The number of hydrogen-bond donors (Lipinski definition) is 1. The first kappa shape index (κ1) is 11.5. The Morgan fingerprint density at radius 2 is 2.12 bits per heavy atom. The van der Waals surface area contributed by atoms with Crippen molar-refractivity contribution < 1.29 is 0 Å². The van der Waals surface area contributed by atoms with Crippen LogP contribution < -0.4 is 4.90 Å². The topological polar surface area (TPSA) is 55.7 Å². The molecule has 2 rings (SSSR count). The number of rotatable bonds is 2. The van der Waals surface area contributed by atoms with Gasteiger partial charge < -0.3 is 9.88 Å². The number of fused-ring (bicyclic) bond motifs is 1. The Morgan fingerprint density at radius 3 is 2.76 bits per heavy atom. The van der Waals surface area contributed by atoms with Gasteiger partial charge in [-0.15, -0.1) is 0 Å². The Bertz CT molecular complexity index is 589. The first-order valence-electron chi connectivity index (χ1n) is 5.55. The van der Waals surface area contributed by atoms with Crippen molar-refractivity contribution in [2.45, 2.75) is 26.3 Å². The minimum atomic E-state index is -0.525. The van der Waals surface area contributed by atoms with Crippen molar-refractivity contribution in [1.29, 1.82) is 5.26 Å². The van der Waals surface area contributed by atoms with E-state index >= 15 is 0 Å². The van der Waals surface area contributed by atoms with E-state index < -0.39 is 5.54 Å². The summed E-state index contributed by atoms with van der Waals surface area (Å²) in [6.07, 6.45) is 0. The molecule has 1 aromatic heterocycles. The van der Waals surface area contributed by atoms with Crippen LogP contribution in [0.2, 0.25) is 0 Å². The van der Waals surface area contributed by atoms with Crippen molar-refractivity contribution in [3.63, 3.8) is 0 Å². The van der Waals surface area contributed by atoms with Crippen LogP contribution in [0.4, 0.5) is 5.69 Å². The van der Waals surface area contributed by atoms with Crippen LogP contribution in [0.1, 0.15) is 19.7 Å². The highest BCUT2D eigenvalue weighted by Gasteiger charge is 2.23. The standard InChI is InChI=1S/C13H16N4/c1-9-15-11-6-5-10(7-12(11)16-9)17(4)13(2,3)8-14/h5-7H,1-4H3,(H,15,16). The van der Waals surface area contributed by atoms with E-state index in [0.29, 0.717) is 0 Å². The number of anilines is 1. The van der Waals surface area contributed by atoms with E-state index in [-0.39, 0.29) is 0 Å². The number of hydrogen-bond acceptors (Lipinski definition) is 3. The van der Waals surface area contributed by atoms with Gasteiger partial charge in [0.2, 0.25) is 0 Å². The zero-order valence-electron chi connectivity index (χ0n) is 10.6. The van der Waals surface area contributed by atoms with Gasteiger partial charge in [0.05, 0.1) is 17.1 Å². The molecule has 0 saturated carbocycles. The summed E-state index contributed by atoms with van der Waals surface area (Å²) in [4.78, 5) is 9.52. The number of aryl methyl sites for hydroxylation is 1. The largest absolute Gasteiger partial charge is 0.357 e. The second kappa shape index (κ2) is 3.77. The third-order valence-electron chi connectivity index (χ3n) is 3.08. The van der Waals surface area contributed by atoms with E-state index in [0.717, 1.165) is 22.5 Å². The van der Waals surface area contributed by atoms with Crippen LogP contribution in [0.5, 0.6) is 0 Å². The van der Waals surface area contributed by atoms with Crippen molar-refractivity contribution in [3.05, 3.63) is 24.0 Å². The Hall–Kier alpha value is -2.02. The van der Waals surface area contributed by atoms with Gasteiger partial charge in [-0.1, -0.05) is 0 Å². The van der Waals surface area contributed by atoms with Crippen molar-refractivity contribution in [3.8, 4) is 6.07 Å². The molecular weight excluding hydrogens is 212 g/mol. The van der Waals surface area contributed by atoms with Crippen LogP contribution in [0, 0.1) is 18.3 Å². The van der Waals surface area contributed by atoms with Crippen LogP contribution >= 0.6 is 0 Å². The molecule has 0 aliphatic heterocycles. The van der Waals surface area contributed by atoms with Crippen LogP contribution in [0.3, 0.4) is 0 Å². The van der Waals surface area contributed by atoms with Crippen LogP contribution in [0.25, 0.3) is 11.0 Å². The summed E-state index contributed by atoms with van der Waals surface area (Å²) in [7, 11) is 1.92. The molecule has 0 saturated heterocycles. The molecule has 0 aliphatic carbocycles. The fraction of sp³-hybridized carbons (Fsp3) is 0.385. The fourth-order valence-electron chi connectivity index (χ4n) is 1.73. The van der Waals surface area contributed by atoms with Crippen LogP contribution in [-0.2, 0) is 0 Å². The van der Waals surface area contributed by atoms with Gasteiger partial charge in [-0.3, -0.25) is 0 Å². The van der Waals surface area contributed by atoms with Gasteiger partial charge in [0.15, 0.2) is 0 Å². The Balaban J connectivity index is 2.46. The minimum absolute atomic E-state index is 0.525. The molecule has 1 N–H and O–H groups in total. The van der Waals surface area contributed by atoms with Gasteiger partial charge in [0.1, 0.15) is 11.4 Å². The van der Waals surface area contributed by atoms with Crippen molar-refractivity contribution in [2.75, 3.05) is 11.9 Å². The molecule has 4 heteroatoms. The summed E-state index contributed by atoms with van der Waals surface area (Å²) < 4.78 is 0. The van der Waals surface area contributed by atoms with E-state index in [2.05, 4.69) is 16.0 Å². The number of nitriles is 1. The molecule has 0 fully saturated rings. The molecule has 0 aliphatic rings. The Labute approximate surface area is 101 Å². The normalized spacial score (nSPS) is 11.5. The lowest BCUT2D eigenvalue weighted by Crippen LogP contribution is -2.39. The molecule has 1 heterocycles. The van der Waals surface area contributed by atoms with Gasteiger partial charge in [0.25, 0.3) is 0 Å².